The predicted octanol–water partition coefficient (Wildman–Crippen LogP) is 23.1. The van der Waals surface area contributed by atoms with Crippen LogP contribution in [0.1, 0.15) is 22.3 Å². The molecule has 0 unspecified atom stereocenters. The summed E-state index contributed by atoms with van der Waals surface area (Å²) in [5, 5.41) is 6.72. The smallest absolute Gasteiger partial charge is 0.137 e. The number of aromatic nitrogens is 1. The van der Waals surface area contributed by atoms with Crippen LogP contribution in [0, 0.1) is 0 Å². The molecule has 4 nitrogen and oxygen atoms in total. The Morgan fingerprint density at radius 1 is 0.258 bits per heavy atom. The molecule has 0 bridgehead atoms. The van der Waals surface area contributed by atoms with E-state index in [1.54, 1.807) is 0 Å². The van der Waals surface area contributed by atoms with Crippen molar-refractivity contribution in [3.63, 3.8) is 0 Å². The Balaban J connectivity index is 0.833. The minimum atomic E-state index is -0.462. The molecule has 0 N–H and O–H groups in total. The molecule has 416 valence electrons. The van der Waals surface area contributed by atoms with Crippen LogP contribution in [-0.4, -0.2) is 4.57 Å². The Morgan fingerprint density at radius 3 is 1.55 bits per heavy atom. The summed E-state index contributed by atoms with van der Waals surface area (Å²) in [5.41, 5.74) is 26.1. The average molecular weight is 1140 g/mol. The largest absolute Gasteiger partial charge is 0.456 e. The van der Waals surface area contributed by atoms with Gasteiger partial charge < -0.3 is 18.3 Å². The molecular weight excluding hydrogens is 1080 g/mol. The summed E-state index contributed by atoms with van der Waals surface area (Å²) in [7, 11) is 0. The molecule has 0 amide bonds. The predicted molar refractivity (Wildman–Crippen MR) is 369 cm³/mol. The second-order valence-corrected chi connectivity index (χ2v) is 23.5. The highest BCUT2D eigenvalue weighted by molar-refractivity contribution is 6.16. The van der Waals surface area contributed by atoms with E-state index in [4.69, 9.17) is 8.83 Å². The third kappa shape index (κ3) is 7.94. The maximum atomic E-state index is 6.65. The Kier molecular flexibility index (Phi) is 11.5. The Bertz CT molecular complexity index is 5560. The van der Waals surface area contributed by atoms with Gasteiger partial charge in [0.05, 0.1) is 16.4 Å². The van der Waals surface area contributed by atoms with Crippen LogP contribution in [0.15, 0.2) is 336 Å². The van der Waals surface area contributed by atoms with E-state index in [1.165, 1.54) is 44.5 Å². The lowest BCUT2D eigenvalue weighted by atomic mass is 9.67. The molecule has 0 radical (unpaired) electrons. The maximum absolute atomic E-state index is 6.65. The van der Waals surface area contributed by atoms with E-state index in [1.807, 2.05) is 12.1 Å². The van der Waals surface area contributed by atoms with E-state index in [0.717, 1.165) is 122 Å². The first-order valence-corrected chi connectivity index (χ1v) is 30.5. The summed E-state index contributed by atoms with van der Waals surface area (Å²) < 4.78 is 15.6. The van der Waals surface area contributed by atoms with Crippen LogP contribution in [0.25, 0.3) is 127 Å². The Morgan fingerprint density at radius 2 is 0.798 bits per heavy atom. The number of hydrogen-bond acceptors (Lipinski definition) is 3. The number of fused-ring (bicyclic) bond motifs is 12. The van der Waals surface area contributed by atoms with Gasteiger partial charge in [-0.2, -0.15) is 0 Å². The summed E-state index contributed by atoms with van der Waals surface area (Å²) >= 11 is 0. The highest BCUT2D eigenvalue weighted by Gasteiger charge is 2.46. The molecule has 0 spiro atoms. The van der Waals surface area contributed by atoms with Gasteiger partial charge in [0.25, 0.3) is 0 Å². The fourth-order valence-corrected chi connectivity index (χ4v) is 14.7. The van der Waals surface area contributed by atoms with Gasteiger partial charge in [0.2, 0.25) is 0 Å². The lowest BCUT2D eigenvalue weighted by molar-refractivity contribution is 0.668. The van der Waals surface area contributed by atoms with Crippen molar-refractivity contribution < 1.29 is 8.83 Å². The molecule has 1 aliphatic rings. The van der Waals surface area contributed by atoms with Crippen molar-refractivity contribution in [1.29, 1.82) is 0 Å². The SMILES string of the molecule is c1ccc(-c2ccc(N(c3ccc4c(c3)oc3ccccc34)c3ccc4c5cc(-c6cccc7oc8ccccc8c67)ccc5n(-c5ccc(-c6ccc7c(c6)-c6ccccc6C7(c6ccccc6)c6ccccc6)cc5)c4c3)cc2-c2ccccc2)cc1. The zero-order valence-electron chi connectivity index (χ0n) is 48.4. The van der Waals surface area contributed by atoms with E-state index in [9.17, 15) is 0 Å². The average Bonchev–Trinajstić information content (AvgIpc) is 1.59. The number of para-hydroxylation sites is 2. The van der Waals surface area contributed by atoms with E-state index in [0.29, 0.717) is 0 Å². The van der Waals surface area contributed by atoms with Gasteiger partial charge in [-0.15, -0.1) is 0 Å². The lowest BCUT2D eigenvalue weighted by Crippen LogP contribution is -2.28. The second-order valence-electron chi connectivity index (χ2n) is 23.5. The number of nitrogens with zero attached hydrogens (tertiary/aromatic N) is 2. The molecule has 3 aromatic heterocycles. The number of furan rings is 2. The van der Waals surface area contributed by atoms with Crippen LogP contribution in [0.5, 0.6) is 0 Å². The third-order valence-electron chi connectivity index (χ3n) is 18.7. The van der Waals surface area contributed by atoms with Crippen molar-refractivity contribution in [2.24, 2.45) is 0 Å². The van der Waals surface area contributed by atoms with Crippen molar-refractivity contribution in [1.82, 2.24) is 4.57 Å². The summed E-state index contributed by atoms with van der Waals surface area (Å²) in [5.74, 6) is 0. The molecule has 0 fully saturated rings. The molecule has 18 rings (SSSR count). The quantitative estimate of drug-likeness (QED) is 0.137. The minimum Gasteiger partial charge on any atom is -0.456 e. The van der Waals surface area contributed by atoms with Crippen LogP contribution < -0.4 is 4.90 Å². The van der Waals surface area contributed by atoms with Crippen molar-refractivity contribution in [2.45, 2.75) is 5.41 Å². The van der Waals surface area contributed by atoms with Crippen LogP contribution in [0.3, 0.4) is 0 Å². The van der Waals surface area contributed by atoms with Gasteiger partial charge in [0.15, 0.2) is 0 Å². The third-order valence-corrected chi connectivity index (χ3v) is 18.7. The zero-order valence-corrected chi connectivity index (χ0v) is 48.4. The van der Waals surface area contributed by atoms with Crippen molar-refractivity contribution in [3.8, 4) is 61.3 Å². The van der Waals surface area contributed by atoms with Crippen molar-refractivity contribution >= 4 is 82.7 Å². The fraction of sp³-hybridized carbons (Fsp3) is 0.0118. The number of rotatable bonds is 10. The number of benzene rings is 14. The van der Waals surface area contributed by atoms with Crippen LogP contribution >= 0.6 is 0 Å². The summed E-state index contributed by atoms with van der Waals surface area (Å²) in [6, 6.07) is 119. The minimum absolute atomic E-state index is 0.462. The second kappa shape index (κ2) is 20.2. The molecule has 17 aromatic rings. The maximum Gasteiger partial charge on any atom is 0.137 e. The monoisotopic (exact) mass is 1130 g/mol. The van der Waals surface area contributed by atoms with E-state index in [-0.39, 0.29) is 0 Å². The molecule has 1 aliphatic carbocycles. The Labute approximate surface area is 514 Å². The summed E-state index contributed by atoms with van der Waals surface area (Å²) in [6.07, 6.45) is 0. The first kappa shape index (κ1) is 50.6. The van der Waals surface area contributed by atoms with Gasteiger partial charge in [-0.3, -0.25) is 0 Å². The molecular formula is C85H54N2O2. The fourth-order valence-electron chi connectivity index (χ4n) is 14.7. The van der Waals surface area contributed by atoms with Crippen LogP contribution in [0.4, 0.5) is 17.1 Å². The van der Waals surface area contributed by atoms with Gasteiger partial charge in [-0.05, 0) is 163 Å². The lowest BCUT2D eigenvalue weighted by Gasteiger charge is -2.33. The summed E-state index contributed by atoms with van der Waals surface area (Å²) in [4.78, 5) is 2.39. The molecule has 3 heterocycles. The normalized spacial score (nSPS) is 12.6. The first-order chi connectivity index (χ1) is 44.1. The van der Waals surface area contributed by atoms with Gasteiger partial charge in [-0.1, -0.05) is 237 Å². The van der Waals surface area contributed by atoms with Gasteiger partial charge >= 0.3 is 0 Å². The summed E-state index contributed by atoms with van der Waals surface area (Å²) in [6.45, 7) is 0. The number of hydrogen-bond donors (Lipinski definition) is 0. The van der Waals surface area contributed by atoms with Gasteiger partial charge in [0, 0.05) is 61.1 Å². The Hall–Kier alpha value is -11.7. The van der Waals surface area contributed by atoms with Crippen molar-refractivity contribution in [3.05, 3.63) is 350 Å². The molecule has 0 aliphatic heterocycles. The standard InChI is InChI=1S/C85H54N2O2/c1-5-20-56(21-6-1)66-45-42-63(52-73(66)57-22-7-2-8-23-57)86(65-44-47-71-70-29-14-17-33-80(70)89-83(71)54-65)64-43-46-69-75-51-59(67-31-19-35-82-84(67)72-30-15-18-34-81(72)88-82)39-49-78(75)87(79(69)53-64)62-40-36-55(37-41-62)58-38-48-77-74(50-58)68-28-13-16-32-76(68)85(77,60-24-9-3-10-25-60)61-26-11-4-12-27-61/h1-54H. The number of anilines is 3. The van der Waals surface area contributed by atoms with Crippen LogP contribution in [-0.2, 0) is 5.41 Å². The van der Waals surface area contributed by atoms with Crippen LogP contribution in [0.2, 0.25) is 0 Å². The molecule has 4 heteroatoms. The molecule has 89 heavy (non-hydrogen) atoms. The molecule has 0 saturated carbocycles. The van der Waals surface area contributed by atoms with E-state index >= 15 is 0 Å². The van der Waals surface area contributed by atoms with Gasteiger partial charge in [-0.25, -0.2) is 0 Å². The van der Waals surface area contributed by atoms with E-state index < -0.39 is 5.41 Å². The van der Waals surface area contributed by atoms with Crippen molar-refractivity contribution in [2.75, 3.05) is 4.90 Å². The highest BCUT2D eigenvalue weighted by Crippen LogP contribution is 2.57. The van der Waals surface area contributed by atoms with Gasteiger partial charge in [0.1, 0.15) is 22.3 Å². The highest BCUT2D eigenvalue weighted by atomic mass is 16.3. The molecule has 14 aromatic carbocycles. The zero-order chi connectivity index (χ0) is 58.6. The first-order valence-electron chi connectivity index (χ1n) is 30.5. The molecule has 0 atom stereocenters. The molecule has 0 saturated heterocycles. The van der Waals surface area contributed by atoms with E-state index in [2.05, 4.69) is 325 Å². The topological polar surface area (TPSA) is 34.5 Å².